The molecule has 1 aliphatic carbocycles. The van der Waals surface area contributed by atoms with Gasteiger partial charge in [-0.15, -0.1) is 0 Å². The van der Waals surface area contributed by atoms with E-state index in [4.69, 9.17) is 9.47 Å². The van der Waals surface area contributed by atoms with E-state index in [1.165, 1.54) is 17.7 Å². The van der Waals surface area contributed by atoms with E-state index in [9.17, 15) is 9.59 Å². The van der Waals surface area contributed by atoms with Gasteiger partial charge in [0.2, 0.25) is 6.10 Å². The summed E-state index contributed by atoms with van der Waals surface area (Å²) in [6, 6.07) is 5.55. The van der Waals surface area contributed by atoms with E-state index >= 15 is 0 Å². The van der Waals surface area contributed by atoms with Crippen molar-refractivity contribution in [2.24, 2.45) is 5.92 Å². The Labute approximate surface area is 134 Å². The van der Waals surface area contributed by atoms with Crippen LogP contribution in [-0.4, -0.2) is 29.6 Å². The van der Waals surface area contributed by atoms with E-state index < -0.39 is 18.0 Å². The molecule has 0 spiro atoms. The number of hydrogen-bond donors (Lipinski definition) is 1. The SMILES string of the molecule is C[C@H]1CCc2[nH]c3ccc(C(=O)O[C@@H]4CCOC4=O)cc3c2C1. The van der Waals surface area contributed by atoms with Gasteiger partial charge in [-0.05, 0) is 48.9 Å². The minimum Gasteiger partial charge on any atom is -0.463 e. The summed E-state index contributed by atoms with van der Waals surface area (Å²) in [5, 5.41) is 1.09. The lowest BCUT2D eigenvalue weighted by Crippen LogP contribution is -2.22. The third-order valence-corrected chi connectivity index (χ3v) is 4.81. The molecule has 120 valence electrons. The molecular weight excluding hydrogens is 294 g/mol. The normalized spacial score (nSPS) is 23.6. The van der Waals surface area contributed by atoms with Gasteiger partial charge in [0.05, 0.1) is 12.2 Å². The van der Waals surface area contributed by atoms with Gasteiger partial charge in [-0.25, -0.2) is 9.59 Å². The summed E-state index contributed by atoms with van der Waals surface area (Å²) in [5.41, 5.74) is 4.13. The first-order chi connectivity index (χ1) is 11.1. The lowest BCUT2D eigenvalue weighted by molar-refractivity contribution is -0.145. The number of aromatic amines is 1. The van der Waals surface area contributed by atoms with Crippen molar-refractivity contribution < 1.29 is 19.1 Å². The van der Waals surface area contributed by atoms with Crippen LogP contribution in [0.1, 0.15) is 41.4 Å². The van der Waals surface area contributed by atoms with E-state index in [1.807, 2.05) is 12.1 Å². The van der Waals surface area contributed by atoms with E-state index in [0.29, 0.717) is 24.5 Å². The summed E-state index contributed by atoms with van der Waals surface area (Å²) in [5.74, 6) is -0.257. The predicted octanol–water partition coefficient (Wildman–Crippen LogP) is 2.77. The second-order valence-corrected chi connectivity index (χ2v) is 6.54. The first-order valence-corrected chi connectivity index (χ1v) is 8.13. The van der Waals surface area contributed by atoms with Crippen LogP contribution < -0.4 is 0 Å². The maximum absolute atomic E-state index is 12.3. The summed E-state index contributed by atoms with van der Waals surface area (Å²) >= 11 is 0. The Bertz CT molecular complexity index is 792. The fourth-order valence-electron chi connectivity index (χ4n) is 3.50. The van der Waals surface area contributed by atoms with Crippen LogP contribution in [0.2, 0.25) is 0 Å². The van der Waals surface area contributed by atoms with Gasteiger partial charge in [0.25, 0.3) is 0 Å². The number of aromatic nitrogens is 1. The quantitative estimate of drug-likeness (QED) is 0.866. The molecule has 1 saturated heterocycles. The maximum atomic E-state index is 12.3. The van der Waals surface area contributed by atoms with Crippen molar-refractivity contribution in [3.8, 4) is 0 Å². The third kappa shape index (κ3) is 2.50. The lowest BCUT2D eigenvalue weighted by Gasteiger charge is -2.18. The minimum atomic E-state index is -0.765. The molecular formula is C18H19NO4. The van der Waals surface area contributed by atoms with Gasteiger partial charge < -0.3 is 14.5 Å². The van der Waals surface area contributed by atoms with Crippen molar-refractivity contribution in [3.63, 3.8) is 0 Å². The van der Waals surface area contributed by atoms with Crippen LogP contribution >= 0.6 is 0 Å². The molecule has 1 aliphatic heterocycles. The Morgan fingerprint density at radius 1 is 1.35 bits per heavy atom. The number of rotatable bonds is 2. The molecule has 4 rings (SSSR count). The molecule has 1 fully saturated rings. The Morgan fingerprint density at radius 2 is 2.22 bits per heavy atom. The monoisotopic (exact) mass is 313 g/mol. The summed E-state index contributed by atoms with van der Waals surface area (Å²) < 4.78 is 10.1. The Kier molecular flexibility index (Phi) is 3.36. The Morgan fingerprint density at radius 3 is 3.00 bits per heavy atom. The summed E-state index contributed by atoms with van der Waals surface area (Å²) in [7, 11) is 0. The molecule has 0 bridgehead atoms. The molecule has 1 aromatic heterocycles. The van der Waals surface area contributed by atoms with Crippen molar-refractivity contribution in [2.75, 3.05) is 6.61 Å². The minimum absolute atomic E-state index is 0.318. The highest BCUT2D eigenvalue weighted by molar-refractivity contribution is 5.97. The van der Waals surface area contributed by atoms with Crippen molar-refractivity contribution in [3.05, 3.63) is 35.0 Å². The number of aryl methyl sites for hydroxylation is 1. The van der Waals surface area contributed by atoms with Crippen LogP contribution in [0.3, 0.4) is 0 Å². The number of ether oxygens (including phenoxy) is 2. The zero-order chi connectivity index (χ0) is 16.0. The van der Waals surface area contributed by atoms with Crippen molar-refractivity contribution in [1.82, 2.24) is 4.98 Å². The van der Waals surface area contributed by atoms with E-state index in [2.05, 4.69) is 11.9 Å². The summed E-state index contributed by atoms with van der Waals surface area (Å²) in [4.78, 5) is 27.2. The zero-order valence-corrected chi connectivity index (χ0v) is 13.1. The van der Waals surface area contributed by atoms with Gasteiger partial charge in [0.1, 0.15) is 0 Å². The molecule has 0 radical (unpaired) electrons. The largest absolute Gasteiger partial charge is 0.463 e. The topological polar surface area (TPSA) is 68.4 Å². The maximum Gasteiger partial charge on any atom is 0.347 e. The van der Waals surface area contributed by atoms with E-state index in [0.717, 1.165) is 23.7 Å². The molecule has 2 aliphatic rings. The third-order valence-electron chi connectivity index (χ3n) is 4.81. The average molecular weight is 313 g/mol. The fourth-order valence-corrected chi connectivity index (χ4v) is 3.50. The van der Waals surface area contributed by atoms with Gasteiger partial charge in [-0.3, -0.25) is 0 Å². The molecule has 2 atom stereocenters. The molecule has 23 heavy (non-hydrogen) atoms. The molecule has 2 aromatic rings. The van der Waals surface area contributed by atoms with E-state index in [-0.39, 0.29) is 0 Å². The van der Waals surface area contributed by atoms with Crippen LogP contribution in [0.15, 0.2) is 18.2 Å². The molecule has 5 nitrogen and oxygen atoms in total. The van der Waals surface area contributed by atoms with Crippen LogP contribution in [0.5, 0.6) is 0 Å². The van der Waals surface area contributed by atoms with Crippen molar-refractivity contribution >= 4 is 22.8 Å². The lowest BCUT2D eigenvalue weighted by atomic mass is 9.87. The first kappa shape index (κ1) is 14.3. The number of hydrogen-bond acceptors (Lipinski definition) is 4. The zero-order valence-electron chi connectivity index (χ0n) is 13.1. The van der Waals surface area contributed by atoms with Crippen LogP contribution in [0.25, 0.3) is 10.9 Å². The second kappa shape index (κ2) is 5.41. The molecule has 2 heterocycles. The Hall–Kier alpha value is -2.30. The summed E-state index contributed by atoms with van der Waals surface area (Å²) in [6.07, 6.45) is 2.95. The molecule has 1 N–H and O–H groups in total. The number of carbonyl (C=O) groups is 2. The predicted molar refractivity (Wildman–Crippen MR) is 84.3 cm³/mol. The highest BCUT2D eigenvalue weighted by Gasteiger charge is 2.30. The summed E-state index contributed by atoms with van der Waals surface area (Å²) in [6.45, 7) is 2.57. The average Bonchev–Trinajstić information content (AvgIpc) is 3.10. The highest BCUT2D eigenvalue weighted by Crippen LogP contribution is 2.32. The Balaban J connectivity index is 1.64. The van der Waals surface area contributed by atoms with Gasteiger partial charge in [0.15, 0.2) is 0 Å². The molecule has 0 amide bonds. The van der Waals surface area contributed by atoms with Crippen molar-refractivity contribution in [2.45, 2.75) is 38.7 Å². The first-order valence-electron chi connectivity index (χ1n) is 8.13. The number of fused-ring (bicyclic) bond motifs is 3. The van der Waals surface area contributed by atoms with Gasteiger partial charge in [-0.1, -0.05) is 6.92 Å². The van der Waals surface area contributed by atoms with Gasteiger partial charge in [-0.2, -0.15) is 0 Å². The number of cyclic esters (lactones) is 1. The molecule has 1 aromatic carbocycles. The number of benzene rings is 1. The highest BCUT2D eigenvalue weighted by atomic mass is 16.6. The van der Waals surface area contributed by atoms with E-state index in [1.54, 1.807) is 6.07 Å². The molecule has 0 saturated carbocycles. The fraction of sp³-hybridized carbons (Fsp3) is 0.444. The van der Waals surface area contributed by atoms with Crippen LogP contribution in [0, 0.1) is 5.92 Å². The standard InChI is InChI=1S/C18H19NO4/c1-10-2-4-14-12(8-10)13-9-11(3-5-15(13)19-14)17(20)23-16-6-7-22-18(16)21/h3,5,9-10,16,19H,2,4,6-8H2,1H3/t10-,16+/m0/s1. The molecule has 0 unspecified atom stereocenters. The van der Waals surface area contributed by atoms with Crippen molar-refractivity contribution in [1.29, 1.82) is 0 Å². The van der Waals surface area contributed by atoms with Crippen LogP contribution in [-0.2, 0) is 27.1 Å². The smallest absolute Gasteiger partial charge is 0.347 e. The van der Waals surface area contributed by atoms with Gasteiger partial charge >= 0.3 is 11.9 Å². The number of nitrogens with one attached hydrogen (secondary N) is 1. The number of H-pyrrole nitrogens is 1. The second-order valence-electron chi connectivity index (χ2n) is 6.54. The number of esters is 2. The number of carbonyl (C=O) groups excluding carboxylic acids is 2. The molecule has 5 heteroatoms. The van der Waals surface area contributed by atoms with Gasteiger partial charge in [0, 0.05) is 23.0 Å². The van der Waals surface area contributed by atoms with Crippen LogP contribution in [0.4, 0.5) is 0 Å².